The maximum atomic E-state index is 12.3. The maximum absolute atomic E-state index is 12.3. The fraction of sp³-hybridized carbons (Fsp3) is 0.389. The summed E-state index contributed by atoms with van der Waals surface area (Å²) in [6.07, 6.45) is 3.25. The van der Waals surface area contributed by atoms with Crippen molar-refractivity contribution in [3.05, 3.63) is 59.5 Å². The Morgan fingerprint density at radius 3 is 2.61 bits per heavy atom. The van der Waals surface area contributed by atoms with Gasteiger partial charge in [0, 0.05) is 25.2 Å². The van der Waals surface area contributed by atoms with Crippen LogP contribution in [0.2, 0.25) is 0 Å². The van der Waals surface area contributed by atoms with E-state index in [0.29, 0.717) is 37.6 Å². The van der Waals surface area contributed by atoms with E-state index in [1.54, 1.807) is 6.07 Å². The van der Waals surface area contributed by atoms with Crippen molar-refractivity contribution < 1.29 is 13.9 Å². The van der Waals surface area contributed by atoms with Gasteiger partial charge in [0.05, 0.1) is 12.1 Å². The topological polar surface area (TPSA) is 77.5 Å². The molecule has 0 bridgehead atoms. The Bertz CT molecular complexity index is 645. The first-order valence-corrected chi connectivity index (χ1v) is 7.92. The number of benzene rings is 1. The van der Waals surface area contributed by atoms with Crippen LogP contribution in [0, 0.1) is 0 Å². The molecule has 1 aromatic carbocycles. The van der Waals surface area contributed by atoms with E-state index in [9.17, 15) is 4.79 Å². The number of carbonyl (C=O) groups is 1. The molecule has 5 nitrogen and oxygen atoms in total. The van der Waals surface area contributed by atoms with Crippen molar-refractivity contribution >= 4 is 5.91 Å². The van der Waals surface area contributed by atoms with Gasteiger partial charge in [-0.1, -0.05) is 30.3 Å². The lowest BCUT2D eigenvalue weighted by molar-refractivity contribution is 0.0487. The van der Waals surface area contributed by atoms with Gasteiger partial charge in [-0.05, 0) is 24.5 Å². The van der Waals surface area contributed by atoms with Crippen LogP contribution in [0.1, 0.15) is 34.5 Å². The van der Waals surface area contributed by atoms with Gasteiger partial charge in [0.25, 0.3) is 5.91 Å². The molecule has 3 N–H and O–H groups in total. The van der Waals surface area contributed by atoms with Crippen LogP contribution in [0.4, 0.5) is 0 Å². The molecular formula is C18H22N2O3. The summed E-state index contributed by atoms with van der Waals surface area (Å²) in [5.74, 6) is 0.481. The standard InChI is InChI=1S/C18H22N2O3/c19-11-16-10-14(12-23-16)17(21)20-13-18(6-8-22-9-7-18)15-4-2-1-3-5-15/h1-5,10,12H,6-9,11,13,19H2,(H,20,21). The van der Waals surface area contributed by atoms with Crippen molar-refractivity contribution in [2.75, 3.05) is 19.8 Å². The molecule has 1 aliphatic heterocycles. The summed E-state index contributed by atoms with van der Waals surface area (Å²) >= 11 is 0. The number of hydrogen-bond donors (Lipinski definition) is 2. The van der Waals surface area contributed by atoms with Gasteiger partial charge in [-0.3, -0.25) is 4.79 Å². The quantitative estimate of drug-likeness (QED) is 0.887. The predicted molar refractivity (Wildman–Crippen MR) is 87.1 cm³/mol. The second kappa shape index (κ2) is 6.98. The van der Waals surface area contributed by atoms with Crippen LogP contribution in [0.5, 0.6) is 0 Å². The molecule has 1 aromatic heterocycles. The van der Waals surface area contributed by atoms with Crippen molar-refractivity contribution in [1.29, 1.82) is 0 Å². The minimum absolute atomic E-state index is 0.0738. The average molecular weight is 314 g/mol. The van der Waals surface area contributed by atoms with E-state index in [0.717, 1.165) is 12.8 Å². The normalized spacial score (nSPS) is 16.9. The second-order valence-electron chi connectivity index (χ2n) is 5.95. The van der Waals surface area contributed by atoms with Crippen molar-refractivity contribution in [1.82, 2.24) is 5.32 Å². The van der Waals surface area contributed by atoms with E-state index in [4.69, 9.17) is 14.9 Å². The molecule has 1 fully saturated rings. The highest BCUT2D eigenvalue weighted by molar-refractivity contribution is 5.94. The minimum atomic E-state index is -0.129. The molecule has 0 aliphatic carbocycles. The highest BCUT2D eigenvalue weighted by Gasteiger charge is 2.34. The van der Waals surface area contributed by atoms with Crippen LogP contribution in [0.3, 0.4) is 0 Å². The van der Waals surface area contributed by atoms with Gasteiger partial charge in [-0.25, -0.2) is 0 Å². The van der Waals surface area contributed by atoms with Gasteiger partial charge >= 0.3 is 0 Å². The summed E-state index contributed by atoms with van der Waals surface area (Å²) in [6, 6.07) is 12.0. The fourth-order valence-electron chi connectivity index (χ4n) is 3.08. The molecule has 3 rings (SSSR count). The lowest BCUT2D eigenvalue weighted by Crippen LogP contribution is -2.44. The smallest absolute Gasteiger partial charge is 0.254 e. The Hall–Kier alpha value is -2.11. The third-order valence-corrected chi connectivity index (χ3v) is 4.54. The first-order valence-electron chi connectivity index (χ1n) is 7.92. The zero-order valence-corrected chi connectivity index (χ0v) is 13.1. The summed E-state index contributed by atoms with van der Waals surface area (Å²) < 4.78 is 10.7. The van der Waals surface area contributed by atoms with Crippen LogP contribution in [0.25, 0.3) is 0 Å². The third kappa shape index (κ3) is 3.46. The molecule has 1 amide bonds. The SMILES string of the molecule is NCc1cc(C(=O)NCC2(c3ccccc3)CCOCC2)co1. The van der Waals surface area contributed by atoms with Crippen LogP contribution in [0.15, 0.2) is 47.1 Å². The molecule has 122 valence electrons. The number of amides is 1. The van der Waals surface area contributed by atoms with Crippen LogP contribution in [-0.2, 0) is 16.7 Å². The molecule has 2 aromatic rings. The monoisotopic (exact) mass is 314 g/mol. The molecule has 0 atom stereocenters. The minimum Gasteiger partial charge on any atom is -0.467 e. The number of rotatable bonds is 5. The van der Waals surface area contributed by atoms with E-state index >= 15 is 0 Å². The molecule has 0 saturated carbocycles. The van der Waals surface area contributed by atoms with Crippen molar-refractivity contribution in [3.8, 4) is 0 Å². The van der Waals surface area contributed by atoms with Crippen LogP contribution in [-0.4, -0.2) is 25.7 Å². The van der Waals surface area contributed by atoms with Gasteiger partial charge in [-0.15, -0.1) is 0 Å². The van der Waals surface area contributed by atoms with Crippen molar-refractivity contribution in [3.63, 3.8) is 0 Å². The largest absolute Gasteiger partial charge is 0.467 e. The Kier molecular flexibility index (Phi) is 4.79. The van der Waals surface area contributed by atoms with E-state index in [1.807, 2.05) is 18.2 Å². The van der Waals surface area contributed by atoms with Crippen molar-refractivity contribution in [2.45, 2.75) is 24.8 Å². The zero-order valence-electron chi connectivity index (χ0n) is 13.1. The lowest BCUT2D eigenvalue weighted by Gasteiger charge is -2.37. The first-order chi connectivity index (χ1) is 11.2. The summed E-state index contributed by atoms with van der Waals surface area (Å²) in [5.41, 5.74) is 7.20. The van der Waals surface area contributed by atoms with Crippen LogP contribution >= 0.6 is 0 Å². The summed E-state index contributed by atoms with van der Waals surface area (Å²) in [6.45, 7) is 2.31. The summed E-state index contributed by atoms with van der Waals surface area (Å²) in [4.78, 5) is 12.3. The number of furan rings is 1. The summed E-state index contributed by atoms with van der Waals surface area (Å²) in [7, 11) is 0. The average Bonchev–Trinajstić information content (AvgIpc) is 3.10. The van der Waals surface area contributed by atoms with Gasteiger partial charge in [0.1, 0.15) is 12.0 Å². The zero-order chi connectivity index (χ0) is 16.1. The molecule has 2 heterocycles. The number of carbonyl (C=O) groups excluding carboxylic acids is 1. The number of ether oxygens (including phenoxy) is 1. The Labute approximate surface area is 135 Å². The van der Waals surface area contributed by atoms with Gasteiger partial charge in [-0.2, -0.15) is 0 Å². The molecular weight excluding hydrogens is 292 g/mol. The number of nitrogens with one attached hydrogen (secondary N) is 1. The third-order valence-electron chi connectivity index (χ3n) is 4.54. The van der Waals surface area contributed by atoms with Crippen LogP contribution < -0.4 is 11.1 Å². The van der Waals surface area contributed by atoms with Gasteiger partial charge in [0.2, 0.25) is 0 Å². The molecule has 1 saturated heterocycles. The number of nitrogens with two attached hydrogens (primary N) is 1. The Morgan fingerprint density at radius 1 is 1.22 bits per heavy atom. The first kappa shape index (κ1) is 15.8. The van der Waals surface area contributed by atoms with E-state index in [-0.39, 0.29) is 11.3 Å². The van der Waals surface area contributed by atoms with E-state index in [1.165, 1.54) is 11.8 Å². The van der Waals surface area contributed by atoms with Gasteiger partial charge < -0.3 is 20.2 Å². The molecule has 0 unspecified atom stereocenters. The molecule has 1 aliphatic rings. The maximum Gasteiger partial charge on any atom is 0.254 e. The highest BCUT2D eigenvalue weighted by atomic mass is 16.5. The second-order valence-corrected chi connectivity index (χ2v) is 5.95. The Balaban J connectivity index is 1.73. The fourth-order valence-corrected chi connectivity index (χ4v) is 3.08. The molecule has 23 heavy (non-hydrogen) atoms. The highest BCUT2D eigenvalue weighted by Crippen LogP contribution is 2.34. The molecule has 0 spiro atoms. The lowest BCUT2D eigenvalue weighted by atomic mass is 9.74. The Morgan fingerprint density at radius 2 is 1.96 bits per heavy atom. The van der Waals surface area contributed by atoms with Gasteiger partial charge in [0.15, 0.2) is 0 Å². The molecule has 0 radical (unpaired) electrons. The molecule has 5 heteroatoms. The van der Waals surface area contributed by atoms with E-state index in [2.05, 4.69) is 17.4 Å². The van der Waals surface area contributed by atoms with Crippen molar-refractivity contribution in [2.24, 2.45) is 5.73 Å². The number of hydrogen-bond acceptors (Lipinski definition) is 4. The summed E-state index contributed by atoms with van der Waals surface area (Å²) in [5, 5.41) is 3.05. The van der Waals surface area contributed by atoms with E-state index < -0.39 is 0 Å². The predicted octanol–water partition coefficient (Wildman–Crippen LogP) is 2.22.